The van der Waals surface area contributed by atoms with Crippen LogP contribution in [0.2, 0.25) is 0 Å². The van der Waals surface area contributed by atoms with Crippen LogP contribution in [0.5, 0.6) is 23.0 Å². The number of nitrogens with one attached hydrogen (secondary N) is 2. The van der Waals surface area contributed by atoms with Crippen LogP contribution in [0.1, 0.15) is 19.4 Å². The Morgan fingerprint density at radius 2 is 1.50 bits per heavy atom. The minimum atomic E-state index is -0.00748. The summed E-state index contributed by atoms with van der Waals surface area (Å²) >= 11 is 0. The first-order chi connectivity index (χ1) is 12.5. The van der Waals surface area contributed by atoms with E-state index in [9.17, 15) is 4.79 Å². The maximum absolute atomic E-state index is 11.6. The van der Waals surface area contributed by atoms with Crippen molar-refractivity contribution in [3.05, 3.63) is 48.0 Å². The summed E-state index contributed by atoms with van der Waals surface area (Å²) in [5.74, 6) is 2.67. The number of hydrogen-bond acceptors (Lipinski definition) is 5. The Balaban J connectivity index is 1.90. The van der Waals surface area contributed by atoms with Gasteiger partial charge in [0.15, 0.2) is 0 Å². The molecule has 6 nitrogen and oxygen atoms in total. The molecule has 0 fully saturated rings. The van der Waals surface area contributed by atoms with Gasteiger partial charge in [0, 0.05) is 30.8 Å². The van der Waals surface area contributed by atoms with Crippen LogP contribution in [0, 0.1) is 0 Å². The third-order valence-corrected chi connectivity index (χ3v) is 3.55. The zero-order valence-electron chi connectivity index (χ0n) is 15.7. The van der Waals surface area contributed by atoms with Gasteiger partial charge in [0.05, 0.1) is 20.8 Å². The van der Waals surface area contributed by atoms with Gasteiger partial charge in [0.25, 0.3) is 0 Å². The molecule has 2 aromatic carbocycles. The standard InChI is InChI=1S/C20H26N2O4/c1-14(2)22-20(23)13-21-12-15-5-7-16(8-6-15)26-19-10-17(24-3)9-18(11-19)25-4/h5-11,14,21H,12-13H2,1-4H3,(H,22,23). The number of hydrogen-bond donors (Lipinski definition) is 2. The summed E-state index contributed by atoms with van der Waals surface area (Å²) in [6.45, 7) is 4.78. The predicted molar refractivity (Wildman–Crippen MR) is 101 cm³/mol. The van der Waals surface area contributed by atoms with Gasteiger partial charge in [-0.1, -0.05) is 12.1 Å². The van der Waals surface area contributed by atoms with Gasteiger partial charge in [-0.2, -0.15) is 0 Å². The highest BCUT2D eigenvalue weighted by molar-refractivity contribution is 5.78. The van der Waals surface area contributed by atoms with Crippen LogP contribution < -0.4 is 24.8 Å². The molecule has 2 N–H and O–H groups in total. The molecule has 0 unspecified atom stereocenters. The van der Waals surface area contributed by atoms with Crippen LogP contribution in [0.25, 0.3) is 0 Å². The lowest BCUT2D eigenvalue weighted by Crippen LogP contribution is -2.37. The number of carbonyl (C=O) groups excluding carboxylic acids is 1. The van der Waals surface area contributed by atoms with Crippen LogP contribution in [-0.4, -0.2) is 32.7 Å². The van der Waals surface area contributed by atoms with Gasteiger partial charge in [-0.3, -0.25) is 4.79 Å². The number of methoxy groups -OCH3 is 2. The minimum absolute atomic E-state index is 0.00748. The maximum Gasteiger partial charge on any atom is 0.234 e. The molecular formula is C20H26N2O4. The molecule has 6 heteroatoms. The van der Waals surface area contributed by atoms with Gasteiger partial charge in [-0.25, -0.2) is 0 Å². The average Bonchev–Trinajstić information content (AvgIpc) is 2.62. The molecule has 0 saturated carbocycles. The molecule has 0 aliphatic carbocycles. The van der Waals surface area contributed by atoms with Crippen molar-refractivity contribution in [3.8, 4) is 23.0 Å². The third kappa shape index (κ3) is 6.29. The smallest absolute Gasteiger partial charge is 0.234 e. The van der Waals surface area contributed by atoms with Crippen molar-refractivity contribution in [2.24, 2.45) is 0 Å². The molecule has 1 amide bonds. The molecule has 2 rings (SSSR count). The fraction of sp³-hybridized carbons (Fsp3) is 0.350. The normalized spacial score (nSPS) is 10.5. The Hall–Kier alpha value is -2.73. The number of amides is 1. The molecule has 0 radical (unpaired) electrons. The van der Waals surface area contributed by atoms with Gasteiger partial charge in [0.1, 0.15) is 23.0 Å². The molecule has 0 bridgehead atoms. The first-order valence-corrected chi connectivity index (χ1v) is 8.50. The quantitative estimate of drug-likeness (QED) is 0.721. The molecule has 26 heavy (non-hydrogen) atoms. The monoisotopic (exact) mass is 358 g/mol. The lowest BCUT2D eigenvalue weighted by atomic mass is 10.2. The second-order valence-corrected chi connectivity index (χ2v) is 6.12. The van der Waals surface area contributed by atoms with Crippen molar-refractivity contribution in [2.75, 3.05) is 20.8 Å². The van der Waals surface area contributed by atoms with Gasteiger partial charge >= 0.3 is 0 Å². The van der Waals surface area contributed by atoms with Crippen molar-refractivity contribution >= 4 is 5.91 Å². The summed E-state index contributed by atoms with van der Waals surface area (Å²) in [4.78, 5) is 11.6. The van der Waals surface area contributed by atoms with Crippen molar-refractivity contribution in [3.63, 3.8) is 0 Å². The number of ether oxygens (including phenoxy) is 3. The molecule has 0 aromatic heterocycles. The van der Waals surface area contributed by atoms with E-state index >= 15 is 0 Å². The van der Waals surface area contributed by atoms with Crippen molar-refractivity contribution in [1.29, 1.82) is 0 Å². The van der Waals surface area contributed by atoms with E-state index in [2.05, 4.69) is 10.6 Å². The van der Waals surface area contributed by atoms with E-state index in [0.29, 0.717) is 36.1 Å². The Morgan fingerprint density at radius 3 is 2.04 bits per heavy atom. The summed E-state index contributed by atoms with van der Waals surface area (Å²) < 4.78 is 16.3. The molecular weight excluding hydrogens is 332 g/mol. The highest BCUT2D eigenvalue weighted by Gasteiger charge is 2.05. The molecule has 0 aliphatic heterocycles. The van der Waals surface area contributed by atoms with Gasteiger partial charge in [0.2, 0.25) is 5.91 Å². The summed E-state index contributed by atoms with van der Waals surface area (Å²) in [7, 11) is 3.20. The van der Waals surface area contributed by atoms with E-state index in [4.69, 9.17) is 14.2 Å². The number of rotatable bonds is 9. The predicted octanol–water partition coefficient (Wildman–Crippen LogP) is 3.11. The van der Waals surface area contributed by atoms with E-state index in [1.165, 1.54) is 0 Å². The zero-order chi connectivity index (χ0) is 18.9. The van der Waals surface area contributed by atoms with Crippen molar-refractivity contribution < 1.29 is 19.0 Å². The van der Waals surface area contributed by atoms with Crippen molar-refractivity contribution in [1.82, 2.24) is 10.6 Å². The van der Waals surface area contributed by atoms with Crippen LogP contribution >= 0.6 is 0 Å². The molecule has 0 spiro atoms. The lowest BCUT2D eigenvalue weighted by Gasteiger charge is -2.11. The number of benzene rings is 2. The van der Waals surface area contributed by atoms with E-state index in [0.717, 1.165) is 5.56 Å². The van der Waals surface area contributed by atoms with E-state index in [1.807, 2.05) is 38.1 Å². The Bertz CT molecular complexity index is 692. The van der Waals surface area contributed by atoms with E-state index < -0.39 is 0 Å². The highest BCUT2D eigenvalue weighted by atomic mass is 16.5. The Labute approximate surface area is 154 Å². The summed E-state index contributed by atoms with van der Waals surface area (Å²) in [6, 6.07) is 13.2. The van der Waals surface area contributed by atoms with Crippen LogP contribution in [0.15, 0.2) is 42.5 Å². The van der Waals surface area contributed by atoms with Gasteiger partial charge in [-0.15, -0.1) is 0 Å². The minimum Gasteiger partial charge on any atom is -0.496 e. The first kappa shape index (κ1) is 19.6. The largest absolute Gasteiger partial charge is 0.496 e. The summed E-state index contributed by atoms with van der Waals surface area (Å²) in [5, 5.41) is 5.96. The Kier molecular flexibility index (Phi) is 7.29. The Morgan fingerprint density at radius 1 is 0.923 bits per heavy atom. The fourth-order valence-corrected chi connectivity index (χ4v) is 2.35. The molecule has 140 valence electrons. The fourth-order valence-electron chi connectivity index (χ4n) is 2.35. The van der Waals surface area contributed by atoms with Crippen LogP contribution in [0.3, 0.4) is 0 Å². The first-order valence-electron chi connectivity index (χ1n) is 8.50. The summed E-state index contributed by atoms with van der Waals surface area (Å²) in [5.41, 5.74) is 1.07. The van der Waals surface area contributed by atoms with Crippen molar-refractivity contribution in [2.45, 2.75) is 26.4 Å². The maximum atomic E-state index is 11.6. The van der Waals surface area contributed by atoms with Gasteiger partial charge < -0.3 is 24.8 Å². The molecule has 0 heterocycles. The van der Waals surface area contributed by atoms with Crippen LogP contribution in [0.4, 0.5) is 0 Å². The SMILES string of the molecule is COc1cc(OC)cc(Oc2ccc(CNCC(=O)NC(C)C)cc2)c1. The topological polar surface area (TPSA) is 68.8 Å². The highest BCUT2D eigenvalue weighted by Crippen LogP contribution is 2.30. The second kappa shape index (κ2) is 9.68. The molecule has 0 saturated heterocycles. The lowest BCUT2D eigenvalue weighted by molar-refractivity contribution is -0.120. The summed E-state index contributed by atoms with van der Waals surface area (Å²) in [6.07, 6.45) is 0. The van der Waals surface area contributed by atoms with E-state index in [1.54, 1.807) is 32.4 Å². The van der Waals surface area contributed by atoms with Gasteiger partial charge in [-0.05, 0) is 31.5 Å². The average molecular weight is 358 g/mol. The van der Waals surface area contributed by atoms with E-state index in [-0.39, 0.29) is 11.9 Å². The molecule has 0 aliphatic rings. The second-order valence-electron chi connectivity index (χ2n) is 6.12. The molecule has 2 aromatic rings. The van der Waals surface area contributed by atoms with Crippen LogP contribution in [-0.2, 0) is 11.3 Å². The third-order valence-electron chi connectivity index (χ3n) is 3.55. The molecule has 0 atom stereocenters. The number of carbonyl (C=O) groups is 1. The zero-order valence-corrected chi connectivity index (χ0v) is 15.7.